The van der Waals surface area contributed by atoms with Gasteiger partial charge in [-0.25, -0.2) is 0 Å². The maximum atomic E-state index is 12.5. The summed E-state index contributed by atoms with van der Waals surface area (Å²) in [6, 6.07) is 17.4. The molecule has 0 amide bonds. The van der Waals surface area contributed by atoms with Gasteiger partial charge in [0.15, 0.2) is 5.78 Å². The van der Waals surface area contributed by atoms with Gasteiger partial charge < -0.3 is 4.74 Å². The van der Waals surface area contributed by atoms with Crippen molar-refractivity contribution < 1.29 is 9.53 Å². The number of rotatable bonds is 6. The van der Waals surface area contributed by atoms with E-state index in [4.69, 9.17) is 4.74 Å². The van der Waals surface area contributed by atoms with E-state index >= 15 is 0 Å². The van der Waals surface area contributed by atoms with Crippen molar-refractivity contribution in [3.63, 3.8) is 0 Å². The summed E-state index contributed by atoms with van der Waals surface area (Å²) in [7, 11) is 0. The fraction of sp³-hybridized carbons (Fsp3) is 0.174. The molecule has 0 aliphatic heterocycles. The van der Waals surface area contributed by atoms with Gasteiger partial charge in [0, 0.05) is 12.0 Å². The maximum Gasteiger partial charge on any atom is 0.167 e. The summed E-state index contributed by atoms with van der Waals surface area (Å²) >= 11 is 0. The molecule has 2 nitrogen and oxygen atoms in total. The number of carbonyl (C=O) groups excluding carboxylic acids is 1. The van der Waals surface area contributed by atoms with Gasteiger partial charge in [-0.2, -0.15) is 0 Å². The molecule has 1 aliphatic rings. The summed E-state index contributed by atoms with van der Waals surface area (Å²) in [5.74, 6) is 0.896. The van der Waals surface area contributed by atoms with E-state index in [0.717, 1.165) is 29.7 Å². The molecule has 126 valence electrons. The van der Waals surface area contributed by atoms with E-state index in [1.807, 2.05) is 66.7 Å². The SMILES string of the molecule is O=C(CC1=C/C=C\CC/C=C\1)c1ccc(OCc2ccccc2)cc1. The van der Waals surface area contributed by atoms with Crippen molar-refractivity contribution in [1.82, 2.24) is 0 Å². The summed E-state index contributed by atoms with van der Waals surface area (Å²) in [6.07, 6.45) is 12.9. The van der Waals surface area contributed by atoms with Crippen molar-refractivity contribution in [3.05, 3.63) is 102 Å². The second-order valence-electron chi connectivity index (χ2n) is 6.05. The first-order valence-corrected chi connectivity index (χ1v) is 8.63. The van der Waals surface area contributed by atoms with Crippen LogP contribution in [0.2, 0.25) is 0 Å². The summed E-state index contributed by atoms with van der Waals surface area (Å²) in [6.45, 7) is 0.526. The van der Waals surface area contributed by atoms with E-state index in [1.165, 1.54) is 0 Å². The number of hydrogen-bond acceptors (Lipinski definition) is 2. The average molecular weight is 330 g/mol. The molecular weight excluding hydrogens is 308 g/mol. The molecule has 25 heavy (non-hydrogen) atoms. The van der Waals surface area contributed by atoms with Gasteiger partial charge in [0.05, 0.1) is 0 Å². The van der Waals surface area contributed by atoms with Crippen molar-refractivity contribution >= 4 is 5.78 Å². The van der Waals surface area contributed by atoms with Gasteiger partial charge in [-0.05, 0) is 48.2 Å². The number of carbonyl (C=O) groups is 1. The van der Waals surface area contributed by atoms with Crippen molar-refractivity contribution in [1.29, 1.82) is 0 Å². The normalized spacial score (nSPS) is 18.3. The van der Waals surface area contributed by atoms with E-state index < -0.39 is 0 Å². The number of benzene rings is 2. The number of ketones is 1. The second kappa shape index (κ2) is 8.84. The van der Waals surface area contributed by atoms with Gasteiger partial charge >= 0.3 is 0 Å². The van der Waals surface area contributed by atoms with Gasteiger partial charge in [-0.15, -0.1) is 0 Å². The summed E-state index contributed by atoms with van der Waals surface area (Å²) in [5, 5.41) is 0. The molecule has 0 spiro atoms. The molecule has 0 saturated carbocycles. The van der Waals surface area contributed by atoms with Gasteiger partial charge in [0.2, 0.25) is 0 Å². The van der Waals surface area contributed by atoms with Crippen molar-refractivity contribution in [2.24, 2.45) is 0 Å². The Balaban J connectivity index is 1.58. The van der Waals surface area contributed by atoms with Crippen LogP contribution in [0.3, 0.4) is 0 Å². The molecule has 0 N–H and O–H groups in total. The number of hydrogen-bond donors (Lipinski definition) is 0. The molecule has 2 aromatic carbocycles. The highest BCUT2D eigenvalue weighted by Gasteiger charge is 2.08. The molecule has 1 aliphatic carbocycles. The third-order valence-electron chi connectivity index (χ3n) is 4.07. The van der Waals surface area contributed by atoms with Crippen LogP contribution in [0.5, 0.6) is 5.75 Å². The van der Waals surface area contributed by atoms with Gasteiger partial charge in [0.1, 0.15) is 12.4 Å². The largest absolute Gasteiger partial charge is 0.489 e. The lowest BCUT2D eigenvalue weighted by Gasteiger charge is -2.08. The predicted molar refractivity (Wildman–Crippen MR) is 102 cm³/mol. The van der Waals surface area contributed by atoms with Gasteiger partial charge in [-0.1, -0.05) is 60.7 Å². The lowest BCUT2D eigenvalue weighted by molar-refractivity contribution is 0.0994. The van der Waals surface area contributed by atoms with Crippen LogP contribution in [0.15, 0.2) is 90.6 Å². The van der Waals surface area contributed by atoms with E-state index in [2.05, 4.69) is 18.2 Å². The molecule has 0 fully saturated rings. The smallest absolute Gasteiger partial charge is 0.167 e. The highest BCUT2D eigenvalue weighted by molar-refractivity contribution is 5.98. The standard InChI is InChI=1S/C23H22O2/c24-23(17-19-9-5-2-1-3-6-10-19)21-13-15-22(16-14-21)25-18-20-11-7-4-8-12-20/h2,4-16H,1,3,17-18H2/b5-2-,10-6-,19-9+. The Labute approximate surface area is 149 Å². The van der Waals surface area contributed by atoms with Crippen molar-refractivity contribution in [2.45, 2.75) is 25.9 Å². The zero-order valence-corrected chi connectivity index (χ0v) is 14.2. The predicted octanol–water partition coefficient (Wildman–Crippen LogP) is 5.67. The highest BCUT2D eigenvalue weighted by atomic mass is 16.5. The zero-order valence-electron chi connectivity index (χ0n) is 14.2. The van der Waals surface area contributed by atoms with Crippen LogP contribution in [0, 0.1) is 0 Å². The summed E-state index contributed by atoms with van der Waals surface area (Å²) in [4.78, 5) is 12.5. The molecule has 0 radical (unpaired) electrons. The zero-order chi connectivity index (χ0) is 17.3. The van der Waals surface area contributed by atoms with Crippen LogP contribution < -0.4 is 4.74 Å². The minimum atomic E-state index is 0.125. The molecule has 0 heterocycles. The topological polar surface area (TPSA) is 26.3 Å². The molecule has 0 unspecified atom stereocenters. The third-order valence-corrected chi connectivity index (χ3v) is 4.07. The first-order chi connectivity index (χ1) is 12.3. The van der Waals surface area contributed by atoms with Crippen LogP contribution in [-0.2, 0) is 6.61 Å². The van der Waals surface area contributed by atoms with Crippen LogP contribution in [0.25, 0.3) is 0 Å². The molecule has 3 rings (SSSR count). The van der Waals surface area contributed by atoms with Gasteiger partial charge in [0.25, 0.3) is 0 Å². The van der Waals surface area contributed by atoms with E-state index in [1.54, 1.807) is 0 Å². The highest BCUT2D eigenvalue weighted by Crippen LogP contribution is 2.18. The first-order valence-electron chi connectivity index (χ1n) is 8.63. The Hall–Kier alpha value is -2.87. The first kappa shape index (κ1) is 17.0. The monoisotopic (exact) mass is 330 g/mol. The Morgan fingerprint density at radius 1 is 0.920 bits per heavy atom. The van der Waals surface area contributed by atoms with Gasteiger partial charge in [-0.3, -0.25) is 4.79 Å². The van der Waals surface area contributed by atoms with Crippen molar-refractivity contribution in [2.75, 3.05) is 0 Å². The molecule has 0 saturated heterocycles. The summed E-state index contributed by atoms with van der Waals surface area (Å²) in [5.41, 5.74) is 2.89. The number of ether oxygens (including phenoxy) is 1. The fourth-order valence-corrected chi connectivity index (χ4v) is 2.65. The fourth-order valence-electron chi connectivity index (χ4n) is 2.65. The molecule has 0 bridgehead atoms. The van der Waals surface area contributed by atoms with Crippen LogP contribution in [0.1, 0.15) is 35.2 Å². The van der Waals surface area contributed by atoms with Crippen LogP contribution in [0.4, 0.5) is 0 Å². The van der Waals surface area contributed by atoms with E-state index in [-0.39, 0.29) is 5.78 Å². The summed E-state index contributed by atoms with van der Waals surface area (Å²) < 4.78 is 5.76. The Kier molecular flexibility index (Phi) is 6.00. The van der Waals surface area contributed by atoms with E-state index in [9.17, 15) is 4.79 Å². The van der Waals surface area contributed by atoms with Crippen molar-refractivity contribution in [3.8, 4) is 5.75 Å². The average Bonchev–Trinajstić information content (AvgIpc) is 2.63. The minimum absolute atomic E-state index is 0.125. The lowest BCUT2D eigenvalue weighted by atomic mass is 10.0. The van der Waals surface area contributed by atoms with E-state index in [0.29, 0.717) is 18.6 Å². The Morgan fingerprint density at radius 2 is 1.68 bits per heavy atom. The third kappa shape index (κ3) is 5.32. The minimum Gasteiger partial charge on any atom is -0.489 e. The maximum absolute atomic E-state index is 12.5. The quantitative estimate of drug-likeness (QED) is 0.638. The Bertz CT molecular complexity index is 781. The molecule has 2 aromatic rings. The molecule has 0 atom stereocenters. The van der Waals surface area contributed by atoms with Crippen LogP contribution in [-0.4, -0.2) is 5.78 Å². The van der Waals surface area contributed by atoms with Crippen LogP contribution >= 0.6 is 0 Å². The second-order valence-corrected chi connectivity index (χ2v) is 6.05. The molecular formula is C23H22O2. The number of allylic oxidation sites excluding steroid dienone is 6. The molecule has 0 aromatic heterocycles. The Morgan fingerprint density at radius 3 is 2.48 bits per heavy atom. The molecule has 2 heteroatoms. The number of Topliss-reactive ketones (excluding diaryl/α,β-unsaturated/α-hetero) is 1. The lowest BCUT2D eigenvalue weighted by Crippen LogP contribution is -2.01.